The SMILES string of the molecule is C1CCCCC1.COc1ccc(C)cc1.C[N+](C)(C)C. The van der Waals surface area contributed by atoms with Crippen molar-refractivity contribution >= 4 is 0 Å². The van der Waals surface area contributed by atoms with Gasteiger partial charge in [-0.1, -0.05) is 56.2 Å². The lowest BCUT2D eigenvalue weighted by Crippen LogP contribution is -2.27. The number of quaternary nitrogens is 1. The lowest BCUT2D eigenvalue weighted by atomic mass is 10.0. The first kappa shape index (κ1) is 19.0. The third-order valence-electron chi connectivity index (χ3n) is 2.76. The summed E-state index contributed by atoms with van der Waals surface area (Å²) in [5, 5.41) is 0. The second-order valence-corrected chi connectivity index (χ2v) is 6.82. The molecule has 0 radical (unpaired) electrons. The Balaban J connectivity index is 0.000000288. The van der Waals surface area contributed by atoms with Crippen LogP contribution in [0.2, 0.25) is 0 Å². The molecular weight excluding hydrogens is 246 g/mol. The van der Waals surface area contributed by atoms with E-state index < -0.39 is 0 Å². The maximum atomic E-state index is 4.97. The van der Waals surface area contributed by atoms with Crippen molar-refractivity contribution in [1.29, 1.82) is 0 Å². The van der Waals surface area contributed by atoms with Crippen molar-refractivity contribution in [3.05, 3.63) is 29.8 Å². The van der Waals surface area contributed by atoms with Crippen LogP contribution in [0.4, 0.5) is 0 Å². The van der Waals surface area contributed by atoms with Gasteiger partial charge in [0.05, 0.1) is 35.3 Å². The molecule has 0 spiro atoms. The Bertz CT molecular complexity index is 303. The van der Waals surface area contributed by atoms with Gasteiger partial charge in [-0.3, -0.25) is 0 Å². The third kappa shape index (κ3) is 15.0. The molecule has 0 saturated heterocycles. The summed E-state index contributed by atoms with van der Waals surface area (Å²) in [4.78, 5) is 0. The summed E-state index contributed by atoms with van der Waals surface area (Å²) in [7, 11) is 10.2. The Labute approximate surface area is 126 Å². The van der Waals surface area contributed by atoms with Crippen molar-refractivity contribution in [3.8, 4) is 5.75 Å². The molecule has 0 unspecified atom stereocenters. The molecule has 0 heterocycles. The van der Waals surface area contributed by atoms with Crippen molar-refractivity contribution in [2.45, 2.75) is 45.4 Å². The first-order valence-corrected chi connectivity index (χ1v) is 7.72. The molecule has 2 nitrogen and oxygen atoms in total. The van der Waals surface area contributed by atoms with Gasteiger partial charge in [-0.25, -0.2) is 0 Å². The fraction of sp³-hybridized carbons (Fsp3) is 0.667. The quantitative estimate of drug-likeness (QED) is 0.679. The number of hydrogen-bond acceptors (Lipinski definition) is 1. The normalized spacial score (nSPS) is 14.3. The highest BCUT2D eigenvalue weighted by Crippen LogP contribution is 2.15. The molecule has 0 aromatic heterocycles. The monoisotopic (exact) mass is 280 g/mol. The largest absolute Gasteiger partial charge is 0.497 e. The molecule has 1 aliphatic rings. The highest BCUT2D eigenvalue weighted by molar-refractivity contribution is 5.25. The standard InChI is InChI=1S/C8H10O.C6H12.C4H12N/c1-7-3-5-8(9-2)6-4-7;1-2-4-6-5-3-1;1-5(2,3)4/h3-6H,1-2H3;1-6H2;1-4H3/q;;+1. The summed E-state index contributed by atoms with van der Waals surface area (Å²) >= 11 is 0. The molecule has 0 aliphatic heterocycles. The molecule has 0 N–H and O–H groups in total. The molecule has 0 atom stereocenters. The first-order chi connectivity index (χ1) is 9.33. The number of aryl methyl sites for hydroxylation is 1. The summed E-state index contributed by atoms with van der Waals surface area (Å²) in [5.74, 6) is 0.917. The average molecular weight is 280 g/mol. The third-order valence-corrected chi connectivity index (χ3v) is 2.76. The molecule has 0 amide bonds. The van der Waals surface area contributed by atoms with E-state index in [1.165, 1.54) is 44.1 Å². The van der Waals surface area contributed by atoms with Gasteiger partial charge in [-0.05, 0) is 19.1 Å². The van der Waals surface area contributed by atoms with Gasteiger partial charge < -0.3 is 9.22 Å². The number of ether oxygens (including phenoxy) is 1. The Kier molecular flexibility index (Phi) is 10.2. The Morgan fingerprint density at radius 2 is 1.05 bits per heavy atom. The van der Waals surface area contributed by atoms with Gasteiger partial charge in [0, 0.05) is 0 Å². The first-order valence-electron chi connectivity index (χ1n) is 7.72. The topological polar surface area (TPSA) is 9.23 Å². The highest BCUT2D eigenvalue weighted by Gasteiger charge is 1.95. The average Bonchev–Trinajstić information content (AvgIpc) is 2.40. The Morgan fingerprint density at radius 1 is 0.750 bits per heavy atom. The molecule has 1 aliphatic carbocycles. The zero-order valence-corrected chi connectivity index (χ0v) is 14.4. The summed E-state index contributed by atoms with van der Waals surface area (Å²) in [5.41, 5.74) is 1.26. The predicted molar refractivity (Wildman–Crippen MR) is 89.4 cm³/mol. The van der Waals surface area contributed by atoms with Gasteiger partial charge in [0.2, 0.25) is 0 Å². The molecule has 1 saturated carbocycles. The van der Waals surface area contributed by atoms with E-state index in [4.69, 9.17) is 4.74 Å². The molecular formula is C18H34NO+. The van der Waals surface area contributed by atoms with Crippen molar-refractivity contribution in [3.63, 3.8) is 0 Å². The second kappa shape index (κ2) is 10.7. The highest BCUT2D eigenvalue weighted by atomic mass is 16.5. The van der Waals surface area contributed by atoms with E-state index in [-0.39, 0.29) is 0 Å². The lowest BCUT2D eigenvalue weighted by Gasteiger charge is -2.14. The summed E-state index contributed by atoms with van der Waals surface area (Å²) in [6.45, 7) is 2.06. The van der Waals surface area contributed by atoms with E-state index in [1.54, 1.807) is 7.11 Å². The maximum absolute atomic E-state index is 4.97. The van der Waals surface area contributed by atoms with Crippen molar-refractivity contribution in [2.24, 2.45) is 0 Å². The van der Waals surface area contributed by atoms with Gasteiger partial charge in [0.1, 0.15) is 5.75 Å². The van der Waals surface area contributed by atoms with Crippen LogP contribution in [0, 0.1) is 6.92 Å². The van der Waals surface area contributed by atoms with Gasteiger partial charge >= 0.3 is 0 Å². The van der Waals surface area contributed by atoms with Gasteiger partial charge in [-0.15, -0.1) is 0 Å². The number of hydrogen-bond donors (Lipinski definition) is 0. The van der Waals surface area contributed by atoms with Crippen LogP contribution in [-0.2, 0) is 0 Å². The zero-order valence-electron chi connectivity index (χ0n) is 14.4. The van der Waals surface area contributed by atoms with Gasteiger partial charge in [0.15, 0.2) is 0 Å². The van der Waals surface area contributed by atoms with Gasteiger partial charge in [0.25, 0.3) is 0 Å². The van der Waals surface area contributed by atoms with Crippen LogP contribution < -0.4 is 4.74 Å². The van der Waals surface area contributed by atoms with E-state index in [0.29, 0.717) is 0 Å². The zero-order chi connectivity index (χ0) is 15.4. The summed E-state index contributed by atoms with van der Waals surface area (Å²) < 4.78 is 5.97. The van der Waals surface area contributed by atoms with Crippen LogP contribution in [0.5, 0.6) is 5.75 Å². The van der Waals surface area contributed by atoms with E-state index in [0.717, 1.165) is 10.2 Å². The van der Waals surface area contributed by atoms with Crippen LogP contribution in [0.25, 0.3) is 0 Å². The van der Waals surface area contributed by atoms with E-state index in [9.17, 15) is 0 Å². The van der Waals surface area contributed by atoms with Crippen LogP contribution in [0.1, 0.15) is 44.1 Å². The minimum Gasteiger partial charge on any atom is -0.497 e. The van der Waals surface area contributed by atoms with Crippen LogP contribution in [0.15, 0.2) is 24.3 Å². The summed E-state index contributed by atoms with van der Waals surface area (Å²) in [6, 6.07) is 7.96. The maximum Gasteiger partial charge on any atom is 0.118 e. The van der Waals surface area contributed by atoms with Crippen LogP contribution in [0.3, 0.4) is 0 Å². The predicted octanol–water partition coefficient (Wildman–Crippen LogP) is 4.67. The lowest BCUT2D eigenvalue weighted by molar-refractivity contribution is -0.849. The number of nitrogens with zero attached hydrogens (tertiary/aromatic N) is 1. The molecule has 1 aromatic rings. The Morgan fingerprint density at radius 3 is 1.30 bits per heavy atom. The van der Waals surface area contributed by atoms with E-state index in [2.05, 4.69) is 35.1 Å². The molecule has 2 heteroatoms. The van der Waals surface area contributed by atoms with Gasteiger partial charge in [-0.2, -0.15) is 0 Å². The number of methoxy groups -OCH3 is 1. The second-order valence-electron chi connectivity index (χ2n) is 6.82. The molecule has 116 valence electrons. The molecule has 1 aromatic carbocycles. The smallest absolute Gasteiger partial charge is 0.118 e. The van der Waals surface area contributed by atoms with E-state index >= 15 is 0 Å². The minimum atomic E-state index is 0.917. The molecule has 20 heavy (non-hydrogen) atoms. The van der Waals surface area contributed by atoms with Crippen molar-refractivity contribution < 1.29 is 9.22 Å². The van der Waals surface area contributed by atoms with Crippen molar-refractivity contribution in [1.82, 2.24) is 0 Å². The fourth-order valence-electron chi connectivity index (χ4n) is 1.74. The van der Waals surface area contributed by atoms with Crippen LogP contribution >= 0.6 is 0 Å². The fourth-order valence-corrected chi connectivity index (χ4v) is 1.74. The minimum absolute atomic E-state index is 0.917. The van der Waals surface area contributed by atoms with Crippen molar-refractivity contribution in [2.75, 3.05) is 35.3 Å². The van der Waals surface area contributed by atoms with E-state index in [1.807, 2.05) is 24.3 Å². The van der Waals surface area contributed by atoms with Crippen LogP contribution in [-0.4, -0.2) is 39.8 Å². The number of benzene rings is 1. The number of rotatable bonds is 1. The molecule has 1 fully saturated rings. The molecule has 2 rings (SSSR count). The Hall–Kier alpha value is -1.02. The summed E-state index contributed by atoms with van der Waals surface area (Å²) in [6.07, 6.45) is 9.00. The molecule has 0 bridgehead atoms.